The van der Waals surface area contributed by atoms with E-state index >= 15 is 0 Å². The summed E-state index contributed by atoms with van der Waals surface area (Å²) < 4.78 is 26.9. The lowest BCUT2D eigenvalue weighted by Crippen LogP contribution is -2.38. The van der Waals surface area contributed by atoms with E-state index in [1.54, 1.807) is 6.92 Å². The molecule has 4 rings (SSSR count). The number of carbonyl (C=O) groups is 3. The summed E-state index contributed by atoms with van der Waals surface area (Å²) in [5.41, 5.74) is 0.434. The maximum Gasteiger partial charge on any atom is 0.320 e. The summed E-state index contributed by atoms with van der Waals surface area (Å²) >= 11 is 0.999. The van der Waals surface area contributed by atoms with E-state index in [9.17, 15) is 23.2 Å². The topological polar surface area (TPSA) is 97.2 Å². The first-order chi connectivity index (χ1) is 13.9. The number of halogens is 2. The van der Waals surface area contributed by atoms with Crippen LogP contribution in [0.3, 0.4) is 0 Å². The molecule has 11 heteroatoms. The van der Waals surface area contributed by atoms with E-state index in [0.29, 0.717) is 28.0 Å². The Morgan fingerprint density at radius 2 is 1.93 bits per heavy atom. The summed E-state index contributed by atoms with van der Waals surface area (Å²) in [4.78, 5) is 46.8. The molecule has 2 aliphatic rings. The van der Waals surface area contributed by atoms with Gasteiger partial charge < -0.3 is 5.32 Å². The molecule has 0 spiro atoms. The van der Waals surface area contributed by atoms with E-state index < -0.39 is 30.8 Å². The summed E-state index contributed by atoms with van der Waals surface area (Å²) in [6.07, 6.45) is 7.17. The van der Waals surface area contributed by atoms with Crippen LogP contribution < -0.4 is 5.32 Å². The van der Waals surface area contributed by atoms with Crippen molar-refractivity contribution in [1.29, 1.82) is 0 Å². The first-order valence-electron chi connectivity index (χ1n) is 8.95. The number of imide groups is 1. The lowest BCUT2D eigenvalue weighted by atomic mass is 9.85. The van der Waals surface area contributed by atoms with E-state index in [-0.39, 0.29) is 22.8 Å². The van der Waals surface area contributed by atoms with Crippen LogP contribution in [0.25, 0.3) is 10.7 Å². The van der Waals surface area contributed by atoms with Gasteiger partial charge >= 0.3 is 6.55 Å². The Balaban J connectivity index is 1.46. The molecule has 3 heterocycles. The van der Waals surface area contributed by atoms with Gasteiger partial charge in [-0.2, -0.15) is 8.78 Å². The number of amides is 3. The molecule has 0 saturated carbocycles. The highest BCUT2D eigenvalue weighted by atomic mass is 32.1. The van der Waals surface area contributed by atoms with Gasteiger partial charge in [-0.15, -0.1) is 0 Å². The molecule has 0 bridgehead atoms. The van der Waals surface area contributed by atoms with Gasteiger partial charge in [0.15, 0.2) is 11.0 Å². The van der Waals surface area contributed by atoms with Crippen LogP contribution in [-0.2, 0) is 14.4 Å². The van der Waals surface area contributed by atoms with Gasteiger partial charge in [0.1, 0.15) is 6.54 Å². The summed E-state index contributed by atoms with van der Waals surface area (Å²) in [5.74, 6) is -2.00. The largest absolute Gasteiger partial charge is 0.320 e. The van der Waals surface area contributed by atoms with Crippen LogP contribution in [0, 0.1) is 18.8 Å². The van der Waals surface area contributed by atoms with Crippen molar-refractivity contribution in [1.82, 2.24) is 19.4 Å². The first-order valence-corrected chi connectivity index (χ1v) is 9.77. The Morgan fingerprint density at radius 3 is 2.55 bits per heavy atom. The predicted octanol–water partition coefficient (Wildman–Crippen LogP) is 2.60. The fourth-order valence-corrected chi connectivity index (χ4v) is 4.61. The Kier molecular flexibility index (Phi) is 4.99. The number of alkyl halides is 2. The number of imidazole rings is 1. The van der Waals surface area contributed by atoms with Gasteiger partial charge in [-0.3, -0.25) is 23.9 Å². The molecule has 2 aromatic rings. The number of rotatable bonds is 5. The highest BCUT2D eigenvalue weighted by molar-refractivity contribution is 7.19. The molecule has 1 fully saturated rings. The monoisotopic (exact) mass is 421 g/mol. The number of fused-ring (bicyclic) bond motifs is 1. The normalized spacial score (nSPS) is 21.2. The van der Waals surface area contributed by atoms with E-state index in [0.717, 1.165) is 22.4 Å². The summed E-state index contributed by atoms with van der Waals surface area (Å²) in [6, 6.07) is 0. The number of nitrogens with one attached hydrogen (secondary N) is 1. The van der Waals surface area contributed by atoms with E-state index in [4.69, 9.17) is 0 Å². The zero-order valence-corrected chi connectivity index (χ0v) is 16.2. The number of aryl methyl sites for hydroxylation is 1. The lowest BCUT2D eigenvalue weighted by molar-refractivity contribution is -0.142. The van der Waals surface area contributed by atoms with E-state index in [2.05, 4.69) is 15.3 Å². The number of likely N-dealkylation sites (tertiary alicyclic amines) is 1. The predicted molar refractivity (Wildman–Crippen MR) is 100 cm³/mol. The van der Waals surface area contributed by atoms with Crippen molar-refractivity contribution in [2.45, 2.75) is 26.3 Å². The highest BCUT2D eigenvalue weighted by Crippen LogP contribution is 2.36. The Bertz CT molecular complexity index is 989. The number of aromatic nitrogens is 3. The lowest BCUT2D eigenvalue weighted by Gasteiger charge is -2.14. The van der Waals surface area contributed by atoms with Crippen molar-refractivity contribution in [3.05, 3.63) is 30.2 Å². The minimum absolute atomic E-state index is 0.0528. The average molecular weight is 421 g/mol. The minimum atomic E-state index is -2.75. The van der Waals surface area contributed by atoms with Gasteiger partial charge in [-0.25, -0.2) is 9.97 Å². The second kappa shape index (κ2) is 7.47. The molecule has 1 saturated heterocycles. The van der Waals surface area contributed by atoms with Crippen molar-refractivity contribution in [3.63, 3.8) is 0 Å². The quantitative estimate of drug-likeness (QED) is 0.591. The van der Waals surface area contributed by atoms with Crippen LogP contribution in [0.4, 0.5) is 13.9 Å². The minimum Gasteiger partial charge on any atom is -0.300 e. The second-order valence-electron chi connectivity index (χ2n) is 6.84. The maximum absolute atomic E-state index is 13.1. The summed E-state index contributed by atoms with van der Waals surface area (Å²) in [6.45, 7) is -1.53. The third-order valence-electron chi connectivity index (χ3n) is 5.03. The van der Waals surface area contributed by atoms with Gasteiger partial charge in [0.25, 0.3) is 0 Å². The average Bonchev–Trinajstić information content (AvgIpc) is 3.36. The van der Waals surface area contributed by atoms with Crippen molar-refractivity contribution < 1.29 is 23.2 Å². The van der Waals surface area contributed by atoms with Crippen LogP contribution in [0.1, 0.15) is 25.1 Å². The van der Waals surface area contributed by atoms with E-state index in [1.165, 1.54) is 6.20 Å². The molecule has 0 aromatic carbocycles. The molecule has 29 heavy (non-hydrogen) atoms. The van der Waals surface area contributed by atoms with Crippen molar-refractivity contribution in [2.75, 3.05) is 11.9 Å². The van der Waals surface area contributed by atoms with Gasteiger partial charge in [-0.05, 0) is 19.8 Å². The fraction of sp³-hybridized carbons (Fsp3) is 0.389. The van der Waals surface area contributed by atoms with Crippen LogP contribution in [0.5, 0.6) is 0 Å². The Morgan fingerprint density at radius 1 is 1.28 bits per heavy atom. The molecular formula is C18H17F2N5O3S. The van der Waals surface area contributed by atoms with Gasteiger partial charge in [0.05, 0.1) is 22.4 Å². The number of anilines is 1. The SMILES string of the molecule is Cc1nc(NC(=O)CN2C(=O)[C@H]3CC=CC[C@@H]3C2=O)sc1-c1nccn1C(F)F. The number of carbonyl (C=O) groups excluding carboxylic acids is 3. The zero-order valence-electron chi connectivity index (χ0n) is 15.3. The highest BCUT2D eigenvalue weighted by Gasteiger charge is 2.47. The Hall–Kier alpha value is -2.95. The smallest absolute Gasteiger partial charge is 0.300 e. The molecule has 0 radical (unpaired) electrons. The standard InChI is InChI=1S/C18H17F2N5O3S/c1-9-13(14-21-6-7-24(14)17(19)20)29-18(22-9)23-12(26)8-25-15(27)10-4-2-3-5-11(10)16(25)28/h2-3,6-7,10-11,17H,4-5,8H2,1H3,(H,22,23,26)/t10-,11-/m0/s1. The molecule has 1 N–H and O–H groups in total. The molecule has 1 aliphatic carbocycles. The number of nitrogens with zero attached hydrogens (tertiary/aromatic N) is 4. The molecule has 3 amide bonds. The van der Waals surface area contributed by atoms with Crippen molar-refractivity contribution in [3.8, 4) is 10.7 Å². The van der Waals surface area contributed by atoms with Crippen LogP contribution in [0.15, 0.2) is 24.5 Å². The molecule has 0 unspecified atom stereocenters. The molecular weight excluding hydrogens is 404 g/mol. The van der Waals surface area contributed by atoms with Crippen molar-refractivity contribution in [2.24, 2.45) is 11.8 Å². The summed E-state index contributed by atoms with van der Waals surface area (Å²) in [5, 5.41) is 2.73. The zero-order chi connectivity index (χ0) is 20.7. The molecule has 2 aromatic heterocycles. The Labute approximate surface area is 168 Å². The maximum atomic E-state index is 13.1. The number of hydrogen-bond donors (Lipinski definition) is 1. The summed E-state index contributed by atoms with van der Waals surface area (Å²) in [7, 11) is 0. The van der Waals surface area contributed by atoms with Gasteiger partial charge in [0, 0.05) is 12.4 Å². The van der Waals surface area contributed by atoms with Crippen LogP contribution in [-0.4, -0.2) is 43.7 Å². The third-order valence-corrected chi connectivity index (χ3v) is 6.09. The van der Waals surface area contributed by atoms with Gasteiger partial charge in [-0.1, -0.05) is 23.5 Å². The second-order valence-corrected chi connectivity index (χ2v) is 7.83. The number of hydrogen-bond acceptors (Lipinski definition) is 6. The first kappa shape index (κ1) is 19.4. The van der Waals surface area contributed by atoms with E-state index in [1.807, 2.05) is 12.2 Å². The number of thiazole rings is 1. The van der Waals surface area contributed by atoms with Crippen molar-refractivity contribution >= 4 is 34.2 Å². The van der Waals surface area contributed by atoms with Crippen LogP contribution in [0.2, 0.25) is 0 Å². The molecule has 8 nitrogen and oxygen atoms in total. The molecule has 152 valence electrons. The van der Waals surface area contributed by atoms with Crippen LogP contribution >= 0.6 is 11.3 Å². The third kappa shape index (κ3) is 3.46. The molecule has 2 atom stereocenters. The number of allylic oxidation sites excluding steroid dienone is 2. The van der Waals surface area contributed by atoms with Gasteiger partial charge in [0.2, 0.25) is 17.7 Å². The molecule has 1 aliphatic heterocycles. The fourth-order valence-electron chi connectivity index (χ4n) is 3.63.